The Kier molecular flexibility index (Phi) is 4.47. The summed E-state index contributed by atoms with van der Waals surface area (Å²) in [5.41, 5.74) is 7.60. The lowest BCUT2D eigenvalue weighted by Gasteiger charge is -2.05. The third kappa shape index (κ3) is 3.51. The quantitative estimate of drug-likeness (QED) is 0.745. The molecule has 0 aliphatic carbocycles. The fourth-order valence-electron chi connectivity index (χ4n) is 1.82. The number of rotatable bonds is 6. The van der Waals surface area contributed by atoms with Crippen molar-refractivity contribution in [2.75, 3.05) is 13.1 Å². The minimum absolute atomic E-state index is 0.774. The Morgan fingerprint density at radius 2 is 1.94 bits per heavy atom. The first-order chi connectivity index (χ1) is 8.40. The van der Waals surface area contributed by atoms with Crippen LogP contribution in [0, 0.1) is 0 Å². The van der Waals surface area contributed by atoms with Crippen molar-refractivity contribution < 1.29 is 0 Å². The fraction of sp³-hybridized carbons (Fsp3) is 0.357. The number of hydrogen-bond donors (Lipinski definition) is 2. The highest BCUT2D eigenvalue weighted by Gasteiger charge is 1.97. The van der Waals surface area contributed by atoms with E-state index in [0.29, 0.717) is 0 Å². The van der Waals surface area contributed by atoms with Crippen LogP contribution in [0.25, 0.3) is 10.9 Å². The van der Waals surface area contributed by atoms with Crippen molar-refractivity contribution >= 4 is 10.9 Å². The molecule has 3 nitrogen and oxygen atoms in total. The Morgan fingerprint density at radius 1 is 1.06 bits per heavy atom. The SMILES string of the molecule is NCCCCNCc1ccc2ccccc2n1. The first-order valence-electron chi connectivity index (χ1n) is 6.15. The van der Waals surface area contributed by atoms with E-state index in [0.717, 1.165) is 43.7 Å². The summed E-state index contributed by atoms with van der Waals surface area (Å²) in [5.74, 6) is 0. The second kappa shape index (κ2) is 6.33. The van der Waals surface area contributed by atoms with Gasteiger partial charge in [0.15, 0.2) is 0 Å². The number of hydrogen-bond acceptors (Lipinski definition) is 3. The zero-order valence-corrected chi connectivity index (χ0v) is 10.0. The highest BCUT2D eigenvalue weighted by molar-refractivity contribution is 5.78. The van der Waals surface area contributed by atoms with Crippen LogP contribution in [0.15, 0.2) is 36.4 Å². The van der Waals surface area contributed by atoms with Crippen LogP contribution in [0.3, 0.4) is 0 Å². The molecule has 0 saturated heterocycles. The monoisotopic (exact) mass is 229 g/mol. The summed E-state index contributed by atoms with van der Waals surface area (Å²) in [4.78, 5) is 4.61. The van der Waals surface area contributed by atoms with Gasteiger partial charge in [-0.2, -0.15) is 0 Å². The standard InChI is InChI=1S/C14H19N3/c15-9-3-4-10-16-11-13-8-7-12-5-1-2-6-14(12)17-13/h1-2,5-8,16H,3-4,9-11,15H2. The average Bonchev–Trinajstić information content (AvgIpc) is 2.38. The molecule has 3 heteroatoms. The third-order valence-electron chi connectivity index (χ3n) is 2.77. The maximum atomic E-state index is 5.44. The summed E-state index contributed by atoms with van der Waals surface area (Å²) in [7, 11) is 0. The number of para-hydroxylation sites is 1. The largest absolute Gasteiger partial charge is 0.330 e. The topological polar surface area (TPSA) is 50.9 Å². The molecule has 17 heavy (non-hydrogen) atoms. The minimum Gasteiger partial charge on any atom is -0.330 e. The Balaban J connectivity index is 1.90. The Bertz CT molecular complexity index is 468. The van der Waals surface area contributed by atoms with Gasteiger partial charge in [0.25, 0.3) is 0 Å². The highest BCUT2D eigenvalue weighted by atomic mass is 14.9. The number of nitrogens with two attached hydrogens (primary N) is 1. The number of pyridine rings is 1. The van der Waals surface area contributed by atoms with Gasteiger partial charge in [-0.15, -0.1) is 0 Å². The van der Waals surface area contributed by atoms with E-state index in [9.17, 15) is 0 Å². The minimum atomic E-state index is 0.774. The van der Waals surface area contributed by atoms with Gasteiger partial charge in [0.05, 0.1) is 11.2 Å². The smallest absolute Gasteiger partial charge is 0.0705 e. The molecule has 1 aromatic heterocycles. The Labute approximate surface area is 102 Å². The second-order valence-electron chi connectivity index (χ2n) is 4.17. The van der Waals surface area contributed by atoms with Gasteiger partial charge in [-0.3, -0.25) is 4.98 Å². The molecule has 90 valence electrons. The molecule has 2 rings (SSSR count). The summed E-state index contributed by atoms with van der Waals surface area (Å²) in [5, 5.41) is 4.58. The molecule has 1 heterocycles. The summed E-state index contributed by atoms with van der Waals surface area (Å²) in [6.07, 6.45) is 2.21. The molecule has 1 aromatic carbocycles. The van der Waals surface area contributed by atoms with Gasteiger partial charge in [0, 0.05) is 11.9 Å². The lowest BCUT2D eigenvalue weighted by molar-refractivity contribution is 0.621. The van der Waals surface area contributed by atoms with Crippen LogP contribution in [0.5, 0.6) is 0 Å². The van der Waals surface area contributed by atoms with Gasteiger partial charge in [-0.1, -0.05) is 24.3 Å². The molecule has 0 radical (unpaired) electrons. The van der Waals surface area contributed by atoms with Gasteiger partial charge >= 0.3 is 0 Å². The number of nitrogens with zero attached hydrogens (tertiary/aromatic N) is 1. The van der Waals surface area contributed by atoms with Gasteiger partial charge < -0.3 is 11.1 Å². The molecular formula is C14H19N3. The van der Waals surface area contributed by atoms with Crippen LogP contribution in [0.2, 0.25) is 0 Å². The van der Waals surface area contributed by atoms with E-state index in [4.69, 9.17) is 5.73 Å². The van der Waals surface area contributed by atoms with Gasteiger partial charge in [-0.25, -0.2) is 0 Å². The zero-order chi connectivity index (χ0) is 11.9. The van der Waals surface area contributed by atoms with Crippen molar-refractivity contribution in [2.24, 2.45) is 5.73 Å². The molecule has 0 spiro atoms. The molecule has 2 aromatic rings. The van der Waals surface area contributed by atoms with E-state index < -0.39 is 0 Å². The predicted octanol–water partition coefficient (Wildman–Crippen LogP) is 2.06. The summed E-state index contributed by atoms with van der Waals surface area (Å²) >= 11 is 0. The van der Waals surface area contributed by atoms with Gasteiger partial charge in [0.1, 0.15) is 0 Å². The normalized spacial score (nSPS) is 10.9. The summed E-state index contributed by atoms with van der Waals surface area (Å²) in [6.45, 7) is 2.61. The molecule has 3 N–H and O–H groups in total. The molecule has 0 unspecified atom stereocenters. The van der Waals surface area contributed by atoms with Crippen LogP contribution in [-0.2, 0) is 6.54 Å². The summed E-state index contributed by atoms with van der Waals surface area (Å²) in [6, 6.07) is 12.4. The molecule has 0 saturated carbocycles. The first-order valence-corrected chi connectivity index (χ1v) is 6.15. The lowest BCUT2D eigenvalue weighted by Crippen LogP contribution is -2.16. The van der Waals surface area contributed by atoms with Crippen molar-refractivity contribution in [3.8, 4) is 0 Å². The van der Waals surface area contributed by atoms with Crippen molar-refractivity contribution in [3.05, 3.63) is 42.1 Å². The summed E-state index contributed by atoms with van der Waals surface area (Å²) < 4.78 is 0. The van der Waals surface area contributed by atoms with E-state index in [1.165, 1.54) is 5.39 Å². The molecule has 0 fully saturated rings. The van der Waals surface area contributed by atoms with Gasteiger partial charge in [0.2, 0.25) is 0 Å². The molecule has 0 aliphatic rings. The number of fused-ring (bicyclic) bond motifs is 1. The van der Waals surface area contributed by atoms with Crippen LogP contribution in [0.1, 0.15) is 18.5 Å². The Morgan fingerprint density at radius 3 is 2.82 bits per heavy atom. The molecule has 0 amide bonds. The van der Waals surface area contributed by atoms with E-state index in [-0.39, 0.29) is 0 Å². The van der Waals surface area contributed by atoms with Gasteiger partial charge in [-0.05, 0) is 38.1 Å². The first kappa shape index (κ1) is 12.0. The number of nitrogens with one attached hydrogen (secondary N) is 1. The third-order valence-corrected chi connectivity index (χ3v) is 2.77. The van der Waals surface area contributed by atoms with Crippen LogP contribution in [-0.4, -0.2) is 18.1 Å². The highest BCUT2D eigenvalue weighted by Crippen LogP contribution is 2.11. The van der Waals surface area contributed by atoms with E-state index in [2.05, 4.69) is 28.5 Å². The van der Waals surface area contributed by atoms with Crippen molar-refractivity contribution in [3.63, 3.8) is 0 Å². The predicted molar refractivity (Wildman–Crippen MR) is 71.7 cm³/mol. The van der Waals surface area contributed by atoms with E-state index in [1.54, 1.807) is 0 Å². The van der Waals surface area contributed by atoms with Crippen LogP contribution >= 0.6 is 0 Å². The molecule has 0 bridgehead atoms. The van der Waals surface area contributed by atoms with E-state index in [1.807, 2.05) is 18.2 Å². The van der Waals surface area contributed by atoms with Crippen molar-refractivity contribution in [1.29, 1.82) is 0 Å². The maximum Gasteiger partial charge on any atom is 0.0705 e. The van der Waals surface area contributed by atoms with E-state index >= 15 is 0 Å². The number of benzene rings is 1. The fourth-order valence-corrected chi connectivity index (χ4v) is 1.82. The molecular weight excluding hydrogens is 210 g/mol. The van der Waals surface area contributed by atoms with Crippen LogP contribution in [0.4, 0.5) is 0 Å². The van der Waals surface area contributed by atoms with Crippen molar-refractivity contribution in [1.82, 2.24) is 10.3 Å². The maximum absolute atomic E-state index is 5.44. The Hall–Kier alpha value is -1.45. The number of unbranched alkanes of at least 4 members (excludes halogenated alkanes) is 1. The zero-order valence-electron chi connectivity index (χ0n) is 10.0. The lowest BCUT2D eigenvalue weighted by atomic mass is 10.2. The second-order valence-corrected chi connectivity index (χ2v) is 4.17. The average molecular weight is 229 g/mol. The molecule has 0 aliphatic heterocycles. The van der Waals surface area contributed by atoms with Crippen molar-refractivity contribution in [2.45, 2.75) is 19.4 Å². The number of aromatic nitrogens is 1. The van der Waals surface area contributed by atoms with Crippen LogP contribution < -0.4 is 11.1 Å². The molecule has 0 atom stereocenters.